The van der Waals surface area contributed by atoms with Gasteiger partial charge in [0.15, 0.2) is 0 Å². The van der Waals surface area contributed by atoms with Gasteiger partial charge in [-0.25, -0.2) is 14.4 Å². The van der Waals surface area contributed by atoms with E-state index in [1.807, 2.05) is 62.4 Å². The van der Waals surface area contributed by atoms with Crippen molar-refractivity contribution in [3.8, 4) is 11.3 Å². The van der Waals surface area contributed by atoms with Gasteiger partial charge < -0.3 is 0 Å². The minimum atomic E-state index is -0.160. The average molecular weight is 316 g/mol. The Bertz CT molecular complexity index is 1090. The standard InChI is InChI=1S/C21H17FN2/c1-12-11-16-9-10-17-20(15-7-5-4-6-8-15)23-14(3)24-21(17)18(16)13(2)19(12)22/h4-11H,1-3H3. The number of benzene rings is 3. The summed E-state index contributed by atoms with van der Waals surface area (Å²) in [6, 6.07) is 16.0. The number of rotatable bonds is 1. The zero-order valence-electron chi connectivity index (χ0n) is 13.9. The molecule has 4 aromatic rings. The molecule has 0 aliphatic rings. The lowest BCUT2D eigenvalue weighted by atomic mass is 9.97. The Balaban J connectivity index is 2.19. The van der Waals surface area contributed by atoms with Gasteiger partial charge in [0, 0.05) is 16.3 Å². The van der Waals surface area contributed by atoms with E-state index in [0.29, 0.717) is 17.0 Å². The molecule has 0 radical (unpaired) electrons. The van der Waals surface area contributed by atoms with E-state index in [2.05, 4.69) is 9.97 Å². The predicted octanol–water partition coefficient (Wildman–Crippen LogP) is 5.51. The largest absolute Gasteiger partial charge is 0.233 e. The number of hydrogen-bond donors (Lipinski definition) is 0. The van der Waals surface area contributed by atoms with Gasteiger partial charge in [-0.1, -0.05) is 36.4 Å². The van der Waals surface area contributed by atoms with Crippen LogP contribution in [0, 0.1) is 26.6 Å². The highest BCUT2D eigenvalue weighted by molar-refractivity contribution is 6.10. The van der Waals surface area contributed by atoms with Gasteiger partial charge in [0.1, 0.15) is 11.6 Å². The molecule has 0 saturated carbocycles. The van der Waals surface area contributed by atoms with Crippen molar-refractivity contribution in [2.75, 3.05) is 0 Å². The smallest absolute Gasteiger partial charge is 0.129 e. The number of aromatic nitrogens is 2. The second kappa shape index (κ2) is 5.38. The van der Waals surface area contributed by atoms with E-state index in [4.69, 9.17) is 0 Å². The lowest BCUT2D eigenvalue weighted by molar-refractivity contribution is 0.612. The SMILES string of the molecule is Cc1nc(-c2ccccc2)c2ccc3cc(C)c(F)c(C)c3c2n1. The van der Waals surface area contributed by atoms with Gasteiger partial charge in [-0.05, 0) is 49.4 Å². The molecule has 0 aliphatic carbocycles. The van der Waals surface area contributed by atoms with Crippen LogP contribution in [0.3, 0.4) is 0 Å². The van der Waals surface area contributed by atoms with Crippen LogP contribution in [-0.2, 0) is 0 Å². The molecule has 4 rings (SSSR count). The molecule has 118 valence electrons. The van der Waals surface area contributed by atoms with Crippen molar-refractivity contribution in [2.24, 2.45) is 0 Å². The van der Waals surface area contributed by atoms with Crippen LogP contribution in [0.15, 0.2) is 48.5 Å². The summed E-state index contributed by atoms with van der Waals surface area (Å²) in [5.41, 5.74) is 4.05. The lowest BCUT2D eigenvalue weighted by Crippen LogP contribution is -1.97. The van der Waals surface area contributed by atoms with Crippen LogP contribution >= 0.6 is 0 Å². The number of aryl methyl sites for hydroxylation is 3. The average Bonchev–Trinajstić information content (AvgIpc) is 2.59. The summed E-state index contributed by atoms with van der Waals surface area (Å²) in [5.74, 6) is 0.529. The molecule has 2 nitrogen and oxygen atoms in total. The summed E-state index contributed by atoms with van der Waals surface area (Å²) < 4.78 is 14.5. The third-order valence-electron chi connectivity index (χ3n) is 4.48. The fraction of sp³-hybridized carbons (Fsp3) is 0.143. The molecule has 0 N–H and O–H groups in total. The van der Waals surface area contributed by atoms with Crippen LogP contribution in [0.5, 0.6) is 0 Å². The maximum absolute atomic E-state index is 14.5. The molecule has 0 saturated heterocycles. The molecule has 0 bridgehead atoms. The molecule has 0 fully saturated rings. The topological polar surface area (TPSA) is 25.8 Å². The summed E-state index contributed by atoms with van der Waals surface area (Å²) >= 11 is 0. The Morgan fingerprint density at radius 3 is 2.38 bits per heavy atom. The fourth-order valence-corrected chi connectivity index (χ4v) is 3.36. The van der Waals surface area contributed by atoms with E-state index < -0.39 is 0 Å². The minimum absolute atomic E-state index is 0.160. The number of halogens is 1. The molecule has 1 heterocycles. The minimum Gasteiger partial charge on any atom is -0.233 e. The highest BCUT2D eigenvalue weighted by atomic mass is 19.1. The highest BCUT2D eigenvalue weighted by Crippen LogP contribution is 2.34. The Labute approximate surface area is 140 Å². The molecule has 0 unspecified atom stereocenters. The van der Waals surface area contributed by atoms with Gasteiger partial charge in [-0.3, -0.25) is 0 Å². The van der Waals surface area contributed by atoms with E-state index in [0.717, 1.165) is 32.9 Å². The Hall–Kier alpha value is -2.81. The van der Waals surface area contributed by atoms with Crippen molar-refractivity contribution in [1.82, 2.24) is 9.97 Å². The van der Waals surface area contributed by atoms with Gasteiger partial charge in [0.25, 0.3) is 0 Å². The summed E-state index contributed by atoms with van der Waals surface area (Å²) in [6.45, 7) is 5.50. The van der Waals surface area contributed by atoms with E-state index in [9.17, 15) is 4.39 Å². The molecular formula is C21H17FN2. The number of hydrogen-bond acceptors (Lipinski definition) is 2. The zero-order chi connectivity index (χ0) is 16.8. The Kier molecular flexibility index (Phi) is 3.31. The van der Waals surface area contributed by atoms with Crippen LogP contribution < -0.4 is 0 Å². The third kappa shape index (κ3) is 2.16. The monoisotopic (exact) mass is 316 g/mol. The van der Waals surface area contributed by atoms with Crippen LogP contribution in [0.4, 0.5) is 4.39 Å². The highest BCUT2D eigenvalue weighted by Gasteiger charge is 2.15. The van der Waals surface area contributed by atoms with E-state index in [-0.39, 0.29) is 5.82 Å². The molecule has 0 atom stereocenters. The Morgan fingerprint density at radius 1 is 0.875 bits per heavy atom. The van der Waals surface area contributed by atoms with Crippen LogP contribution in [0.2, 0.25) is 0 Å². The first kappa shape index (κ1) is 14.8. The Morgan fingerprint density at radius 2 is 1.62 bits per heavy atom. The molecule has 3 heteroatoms. The van der Waals surface area contributed by atoms with Gasteiger partial charge in [-0.15, -0.1) is 0 Å². The van der Waals surface area contributed by atoms with Crippen LogP contribution in [-0.4, -0.2) is 9.97 Å². The third-order valence-corrected chi connectivity index (χ3v) is 4.48. The normalized spacial score (nSPS) is 11.3. The molecule has 24 heavy (non-hydrogen) atoms. The predicted molar refractivity (Wildman–Crippen MR) is 96.6 cm³/mol. The second-order valence-electron chi connectivity index (χ2n) is 6.18. The van der Waals surface area contributed by atoms with Gasteiger partial charge in [-0.2, -0.15) is 0 Å². The van der Waals surface area contributed by atoms with E-state index >= 15 is 0 Å². The quantitative estimate of drug-likeness (QED) is 0.432. The second-order valence-corrected chi connectivity index (χ2v) is 6.18. The molecule has 3 aromatic carbocycles. The molecular weight excluding hydrogens is 299 g/mol. The van der Waals surface area contributed by atoms with Crippen molar-refractivity contribution in [3.63, 3.8) is 0 Å². The molecule has 0 amide bonds. The summed E-state index contributed by atoms with van der Waals surface area (Å²) in [6.07, 6.45) is 0. The zero-order valence-corrected chi connectivity index (χ0v) is 13.9. The van der Waals surface area contributed by atoms with Gasteiger partial charge in [0.05, 0.1) is 11.2 Å². The summed E-state index contributed by atoms with van der Waals surface area (Å²) in [4.78, 5) is 9.29. The van der Waals surface area contributed by atoms with Gasteiger partial charge >= 0.3 is 0 Å². The van der Waals surface area contributed by atoms with Crippen molar-refractivity contribution >= 4 is 21.7 Å². The maximum Gasteiger partial charge on any atom is 0.129 e. The van der Waals surface area contributed by atoms with Crippen molar-refractivity contribution in [1.29, 1.82) is 0 Å². The summed E-state index contributed by atoms with van der Waals surface area (Å²) in [5, 5.41) is 2.83. The lowest BCUT2D eigenvalue weighted by Gasteiger charge is -2.12. The first-order valence-corrected chi connectivity index (χ1v) is 7.98. The van der Waals surface area contributed by atoms with Crippen LogP contribution in [0.1, 0.15) is 17.0 Å². The summed E-state index contributed by atoms with van der Waals surface area (Å²) in [7, 11) is 0. The van der Waals surface area contributed by atoms with Crippen molar-refractivity contribution < 1.29 is 4.39 Å². The first-order valence-electron chi connectivity index (χ1n) is 7.98. The van der Waals surface area contributed by atoms with Crippen molar-refractivity contribution in [2.45, 2.75) is 20.8 Å². The number of fused-ring (bicyclic) bond motifs is 3. The fourth-order valence-electron chi connectivity index (χ4n) is 3.36. The van der Waals surface area contributed by atoms with E-state index in [1.54, 1.807) is 6.92 Å². The number of nitrogens with zero attached hydrogens (tertiary/aromatic N) is 2. The van der Waals surface area contributed by atoms with Crippen LogP contribution in [0.25, 0.3) is 32.9 Å². The van der Waals surface area contributed by atoms with Crippen molar-refractivity contribution in [3.05, 3.63) is 71.3 Å². The van der Waals surface area contributed by atoms with Gasteiger partial charge in [0.2, 0.25) is 0 Å². The molecule has 0 spiro atoms. The van der Waals surface area contributed by atoms with E-state index in [1.165, 1.54) is 0 Å². The molecule has 0 aliphatic heterocycles. The first-order chi connectivity index (χ1) is 11.6. The molecule has 1 aromatic heterocycles. The maximum atomic E-state index is 14.5.